The summed E-state index contributed by atoms with van der Waals surface area (Å²) in [6.45, 7) is 4.05. The normalized spacial score (nSPS) is 17.7. The van der Waals surface area contributed by atoms with Crippen molar-refractivity contribution in [2.75, 3.05) is 13.1 Å². The molecule has 1 amide bonds. The highest BCUT2D eigenvalue weighted by atomic mass is 19.4. The number of likely N-dealkylation sites (tertiary alicyclic amines) is 1. The fourth-order valence-electron chi connectivity index (χ4n) is 3.08. The summed E-state index contributed by atoms with van der Waals surface area (Å²) in [6, 6.07) is 3.21. The maximum atomic E-state index is 12.7. The first-order valence-electron chi connectivity index (χ1n) is 8.72. The molecule has 0 saturated carbocycles. The van der Waals surface area contributed by atoms with Crippen molar-refractivity contribution in [3.8, 4) is 0 Å². The predicted molar refractivity (Wildman–Crippen MR) is 88.9 cm³/mol. The number of pyridine rings is 1. The zero-order chi connectivity index (χ0) is 19.8. The molecule has 0 aliphatic carbocycles. The molecular formula is C17H21F3N4O3. The lowest BCUT2D eigenvalue weighted by atomic mass is 10.1. The van der Waals surface area contributed by atoms with Gasteiger partial charge < -0.3 is 10.0 Å². The van der Waals surface area contributed by atoms with E-state index in [2.05, 4.69) is 14.9 Å². The molecule has 0 bridgehead atoms. The molecule has 10 heteroatoms. The Hall–Kier alpha value is -2.20. The molecule has 1 saturated heterocycles. The van der Waals surface area contributed by atoms with Gasteiger partial charge >= 0.3 is 6.36 Å². The smallest absolute Gasteiger partial charge is 0.385 e. The SMILES string of the molecule is CC(C)C(O)c1nnc2ccc(C(=O)N3CCC(OC(F)(F)F)CC3)cn12. The number of aromatic nitrogens is 3. The maximum Gasteiger partial charge on any atom is 0.522 e. The van der Waals surface area contributed by atoms with Crippen LogP contribution in [0.2, 0.25) is 0 Å². The Bertz CT molecular complexity index is 813. The van der Waals surface area contributed by atoms with Crippen molar-refractivity contribution in [3.63, 3.8) is 0 Å². The summed E-state index contributed by atoms with van der Waals surface area (Å²) in [5, 5.41) is 18.2. The number of rotatable bonds is 4. The zero-order valence-corrected chi connectivity index (χ0v) is 15.0. The Balaban J connectivity index is 1.74. The van der Waals surface area contributed by atoms with Crippen molar-refractivity contribution in [1.29, 1.82) is 0 Å². The second-order valence-corrected chi connectivity index (χ2v) is 6.95. The van der Waals surface area contributed by atoms with Crippen molar-refractivity contribution in [2.45, 2.75) is 45.3 Å². The quantitative estimate of drug-likeness (QED) is 0.874. The van der Waals surface area contributed by atoms with E-state index in [4.69, 9.17) is 0 Å². The maximum absolute atomic E-state index is 12.7. The van der Waals surface area contributed by atoms with Gasteiger partial charge in [-0.15, -0.1) is 23.4 Å². The lowest BCUT2D eigenvalue weighted by Gasteiger charge is -2.32. The third-order valence-electron chi connectivity index (χ3n) is 4.60. The third kappa shape index (κ3) is 4.38. The van der Waals surface area contributed by atoms with Crippen LogP contribution in [0.1, 0.15) is 49.0 Å². The van der Waals surface area contributed by atoms with E-state index in [0.717, 1.165) is 0 Å². The van der Waals surface area contributed by atoms with Crippen molar-refractivity contribution >= 4 is 11.6 Å². The van der Waals surface area contributed by atoms with E-state index in [1.165, 1.54) is 4.90 Å². The minimum Gasteiger partial charge on any atom is -0.385 e. The molecule has 7 nitrogen and oxygen atoms in total. The van der Waals surface area contributed by atoms with Crippen LogP contribution in [0.25, 0.3) is 5.65 Å². The van der Waals surface area contributed by atoms with Crippen LogP contribution in [-0.4, -0.2) is 56.1 Å². The van der Waals surface area contributed by atoms with Gasteiger partial charge in [-0.25, -0.2) is 0 Å². The number of alkyl halides is 3. The molecule has 1 N–H and O–H groups in total. The molecule has 2 aromatic rings. The largest absolute Gasteiger partial charge is 0.522 e. The summed E-state index contributed by atoms with van der Waals surface area (Å²) in [7, 11) is 0. The fourth-order valence-corrected chi connectivity index (χ4v) is 3.08. The average molecular weight is 386 g/mol. The lowest BCUT2D eigenvalue weighted by Crippen LogP contribution is -2.42. The molecule has 0 aromatic carbocycles. The molecule has 148 valence electrons. The fraction of sp³-hybridized carbons (Fsp3) is 0.588. The van der Waals surface area contributed by atoms with Gasteiger partial charge in [-0.1, -0.05) is 13.8 Å². The Morgan fingerprint density at radius 3 is 2.52 bits per heavy atom. The highest BCUT2D eigenvalue weighted by Gasteiger charge is 2.35. The number of piperidine rings is 1. The molecule has 1 atom stereocenters. The van der Waals surface area contributed by atoms with Gasteiger partial charge in [0.25, 0.3) is 5.91 Å². The van der Waals surface area contributed by atoms with Gasteiger partial charge in [-0.3, -0.25) is 13.9 Å². The number of hydrogen-bond donors (Lipinski definition) is 1. The minimum atomic E-state index is -4.66. The molecular weight excluding hydrogens is 365 g/mol. The number of fused-ring (bicyclic) bond motifs is 1. The Kier molecular flexibility index (Phi) is 5.38. The Labute approximate surface area is 153 Å². The van der Waals surface area contributed by atoms with Gasteiger partial charge in [-0.2, -0.15) is 0 Å². The van der Waals surface area contributed by atoms with Crippen molar-refractivity contribution < 1.29 is 27.8 Å². The minimum absolute atomic E-state index is 0.0792. The van der Waals surface area contributed by atoms with Crippen LogP contribution in [0.4, 0.5) is 13.2 Å². The van der Waals surface area contributed by atoms with E-state index in [9.17, 15) is 23.1 Å². The van der Waals surface area contributed by atoms with Crippen molar-refractivity contribution in [2.24, 2.45) is 5.92 Å². The molecule has 0 spiro atoms. The summed E-state index contributed by atoms with van der Waals surface area (Å²) < 4.78 is 42.5. The monoisotopic (exact) mass is 386 g/mol. The number of amides is 1. The molecule has 1 fully saturated rings. The van der Waals surface area contributed by atoms with E-state index in [1.54, 1.807) is 22.7 Å². The first kappa shape index (κ1) is 19.6. The summed E-state index contributed by atoms with van der Waals surface area (Å²) in [5.74, 6) is -0.0302. The Morgan fingerprint density at radius 2 is 1.93 bits per heavy atom. The van der Waals surface area contributed by atoms with Gasteiger partial charge in [0.15, 0.2) is 11.5 Å². The van der Waals surface area contributed by atoms with Crippen molar-refractivity contribution in [3.05, 3.63) is 29.7 Å². The molecule has 3 rings (SSSR count). The first-order chi connectivity index (χ1) is 12.7. The van der Waals surface area contributed by atoms with Crippen LogP contribution >= 0.6 is 0 Å². The van der Waals surface area contributed by atoms with E-state index < -0.39 is 18.6 Å². The first-order valence-corrected chi connectivity index (χ1v) is 8.72. The molecule has 3 heterocycles. The molecule has 2 aromatic heterocycles. The number of aliphatic hydroxyl groups excluding tert-OH is 1. The molecule has 1 aliphatic heterocycles. The third-order valence-corrected chi connectivity index (χ3v) is 4.60. The second kappa shape index (κ2) is 7.43. The highest BCUT2D eigenvalue weighted by molar-refractivity contribution is 5.94. The topological polar surface area (TPSA) is 80.0 Å². The van der Waals surface area contributed by atoms with Gasteiger partial charge in [-0.05, 0) is 30.9 Å². The van der Waals surface area contributed by atoms with Crippen LogP contribution in [0.3, 0.4) is 0 Å². The average Bonchev–Trinajstić information content (AvgIpc) is 3.02. The van der Waals surface area contributed by atoms with Crippen LogP contribution in [-0.2, 0) is 4.74 Å². The lowest BCUT2D eigenvalue weighted by molar-refractivity contribution is -0.345. The van der Waals surface area contributed by atoms with Crippen LogP contribution in [0.5, 0.6) is 0 Å². The van der Waals surface area contributed by atoms with Crippen LogP contribution < -0.4 is 0 Å². The van der Waals surface area contributed by atoms with E-state index >= 15 is 0 Å². The zero-order valence-electron chi connectivity index (χ0n) is 15.0. The summed E-state index contributed by atoms with van der Waals surface area (Å²) in [4.78, 5) is 14.2. The number of nitrogens with zero attached hydrogens (tertiary/aromatic N) is 4. The van der Waals surface area contributed by atoms with E-state index in [1.807, 2.05) is 13.8 Å². The predicted octanol–water partition coefficient (Wildman–Crippen LogP) is 2.56. The standard InChI is InChI=1S/C17H21F3N4O3/c1-10(2)14(25)15-22-21-13-4-3-11(9-24(13)15)16(26)23-7-5-12(6-8-23)27-17(18,19)20/h3-4,9-10,12,14,25H,5-8H2,1-2H3. The molecule has 0 radical (unpaired) electrons. The second-order valence-electron chi connectivity index (χ2n) is 6.95. The van der Waals surface area contributed by atoms with Gasteiger partial charge in [0.05, 0.1) is 11.7 Å². The number of carbonyl (C=O) groups is 1. The van der Waals surface area contributed by atoms with Crippen LogP contribution in [0, 0.1) is 5.92 Å². The number of hydrogen-bond acceptors (Lipinski definition) is 5. The number of halogens is 3. The van der Waals surface area contributed by atoms with Crippen molar-refractivity contribution in [1.82, 2.24) is 19.5 Å². The van der Waals surface area contributed by atoms with E-state index in [0.29, 0.717) is 17.0 Å². The van der Waals surface area contributed by atoms with Gasteiger partial charge in [0, 0.05) is 19.3 Å². The number of aliphatic hydroxyl groups is 1. The highest BCUT2D eigenvalue weighted by Crippen LogP contribution is 2.25. The van der Waals surface area contributed by atoms with E-state index in [-0.39, 0.29) is 37.8 Å². The summed E-state index contributed by atoms with van der Waals surface area (Å²) >= 11 is 0. The summed E-state index contributed by atoms with van der Waals surface area (Å²) in [5.41, 5.74) is 0.855. The molecule has 27 heavy (non-hydrogen) atoms. The van der Waals surface area contributed by atoms with Gasteiger partial charge in [0.2, 0.25) is 0 Å². The van der Waals surface area contributed by atoms with Gasteiger partial charge in [0.1, 0.15) is 6.10 Å². The molecule has 1 unspecified atom stereocenters. The van der Waals surface area contributed by atoms with Crippen LogP contribution in [0.15, 0.2) is 18.3 Å². The molecule has 1 aliphatic rings. The summed E-state index contributed by atoms with van der Waals surface area (Å²) in [6.07, 6.45) is -4.63. The number of ether oxygens (including phenoxy) is 1. The number of carbonyl (C=O) groups excluding carboxylic acids is 1. The Morgan fingerprint density at radius 1 is 1.26 bits per heavy atom.